The molecule has 2 saturated heterocycles. The second-order valence-electron chi connectivity index (χ2n) is 7.14. The Balaban J connectivity index is 1.57. The van der Waals surface area contributed by atoms with Gasteiger partial charge in [0.2, 0.25) is 26.0 Å². The van der Waals surface area contributed by atoms with Crippen LogP contribution in [-0.4, -0.2) is 64.7 Å². The van der Waals surface area contributed by atoms with E-state index >= 15 is 0 Å². The quantitative estimate of drug-likeness (QED) is 0.700. The van der Waals surface area contributed by atoms with E-state index in [4.69, 9.17) is 0 Å². The second-order valence-corrected chi connectivity index (χ2v) is 11.1. The number of carbonyl (C=O) groups is 1. The van der Waals surface area contributed by atoms with Crippen LogP contribution in [0.1, 0.15) is 24.8 Å². The molecule has 10 heteroatoms. The first-order valence-corrected chi connectivity index (χ1v) is 12.6. The predicted molar refractivity (Wildman–Crippen MR) is 109 cm³/mol. The third-order valence-electron chi connectivity index (χ3n) is 4.91. The average Bonchev–Trinajstić information content (AvgIpc) is 2.99. The van der Waals surface area contributed by atoms with Crippen LogP contribution in [0.15, 0.2) is 30.3 Å². The Labute approximate surface area is 166 Å². The van der Waals surface area contributed by atoms with Crippen molar-refractivity contribution in [1.82, 2.24) is 9.62 Å². The van der Waals surface area contributed by atoms with Gasteiger partial charge in [0, 0.05) is 31.8 Å². The number of carbonyl (C=O) groups excluding carboxylic acids is 1. The van der Waals surface area contributed by atoms with E-state index in [2.05, 4.69) is 5.32 Å². The summed E-state index contributed by atoms with van der Waals surface area (Å²) >= 11 is 0. The standard InChI is InChI=1S/C18H25N3O5S2/c1-27(23,24)20-11-2-4-16(14-20)19-18(22)10-7-15-5-8-17(9-6-15)21-12-3-13-28(21,25)26/h5-10,16H,2-4,11-14H2,1H3,(H,19,22)/b10-7+. The molecule has 0 bridgehead atoms. The van der Waals surface area contributed by atoms with Crippen LogP contribution in [0.25, 0.3) is 6.08 Å². The molecule has 1 unspecified atom stereocenters. The van der Waals surface area contributed by atoms with Gasteiger partial charge in [-0.3, -0.25) is 9.10 Å². The molecule has 0 aromatic heterocycles. The lowest BCUT2D eigenvalue weighted by Crippen LogP contribution is -2.48. The third kappa shape index (κ3) is 5.12. The summed E-state index contributed by atoms with van der Waals surface area (Å²) in [7, 11) is -6.46. The van der Waals surface area contributed by atoms with E-state index in [-0.39, 0.29) is 24.2 Å². The number of sulfonamides is 2. The molecular formula is C18H25N3O5S2. The molecule has 8 nitrogen and oxygen atoms in total. The zero-order chi connectivity index (χ0) is 20.4. The summed E-state index contributed by atoms with van der Waals surface area (Å²) in [5.74, 6) is -0.112. The average molecular weight is 428 g/mol. The highest BCUT2D eigenvalue weighted by Crippen LogP contribution is 2.24. The molecule has 2 fully saturated rings. The highest BCUT2D eigenvalue weighted by molar-refractivity contribution is 7.93. The molecule has 2 aliphatic rings. The highest BCUT2D eigenvalue weighted by Gasteiger charge is 2.28. The van der Waals surface area contributed by atoms with E-state index in [0.717, 1.165) is 12.0 Å². The van der Waals surface area contributed by atoms with Gasteiger partial charge in [0.15, 0.2) is 0 Å². The number of hydrogen-bond donors (Lipinski definition) is 1. The van der Waals surface area contributed by atoms with Crippen LogP contribution in [0, 0.1) is 0 Å². The molecule has 0 aliphatic carbocycles. The van der Waals surface area contributed by atoms with E-state index < -0.39 is 20.0 Å². The lowest BCUT2D eigenvalue weighted by Gasteiger charge is -2.31. The summed E-state index contributed by atoms with van der Waals surface area (Å²) in [6.45, 7) is 1.27. The topological polar surface area (TPSA) is 104 Å². The number of piperidine rings is 1. The van der Waals surface area contributed by atoms with Crippen molar-refractivity contribution in [3.8, 4) is 0 Å². The van der Waals surface area contributed by atoms with Crippen molar-refractivity contribution >= 4 is 37.7 Å². The molecule has 0 radical (unpaired) electrons. The normalized spacial score (nSPS) is 23.2. The first-order chi connectivity index (χ1) is 13.1. The van der Waals surface area contributed by atoms with Gasteiger partial charge in [-0.25, -0.2) is 21.1 Å². The monoisotopic (exact) mass is 427 g/mol. The molecule has 154 valence electrons. The summed E-state index contributed by atoms with van der Waals surface area (Å²) in [6.07, 6.45) is 6.30. The van der Waals surface area contributed by atoms with Crippen LogP contribution in [0.4, 0.5) is 5.69 Å². The number of hydrogen-bond acceptors (Lipinski definition) is 5. The van der Waals surface area contributed by atoms with Crippen LogP contribution < -0.4 is 9.62 Å². The Bertz CT molecular complexity index is 955. The molecule has 1 N–H and O–H groups in total. The maximum atomic E-state index is 12.1. The lowest BCUT2D eigenvalue weighted by molar-refractivity contribution is -0.117. The molecule has 3 rings (SSSR count). The maximum Gasteiger partial charge on any atom is 0.244 e. The van der Waals surface area contributed by atoms with Crippen molar-refractivity contribution in [3.05, 3.63) is 35.9 Å². The third-order valence-corrected chi connectivity index (χ3v) is 8.05. The Kier molecular flexibility index (Phi) is 6.11. The minimum Gasteiger partial charge on any atom is -0.348 e. The van der Waals surface area contributed by atoms with Crippen molar-refractivity contribution in [2.24, 2.45) is 0 Å². The van der Waals surface area contributed by atoms with Crippen molar-refractivity contribution < 1.29 is 21.6 Å². The van der Waals surface area contributed by atoms with Crippen molar-refractivity contribution in [2.75, 3.05) is 35.9 Å². The molecule has 2 aliphatic heterocycles. The Hall–Kier alpha value is -1.91. The van der Waals surface area contributed by atoms with Crippen LogP contribution in [0.5, 0.6) is 0 Å². The fraction of sp³-hybridized carbons (Fsp3) is 0.500. The van der Waals surface area contributed by atoms with Crippen LogP contribution in [-0.2, 0) is 24.8 Å². The molecule has 0 saturated carbocycles. The molecule has 0 spiro atoms. The van der Waals surface area contributed by atoms with Gasteiger partial charge in [-0.15, -0.1) is 0 Å². The molecule has 1 amide bonds. The summed E-state index contributed by atoms with van der Waals surface area (Å²) in [4.78, 5) is 12.1. The van der Waals surface area contributed by atoms with Crippen LogP contribution in [0.2, 0.25) is 0 Å². The number of amides is 1. The van der Waals surface area contributed by atoms with Gasteiger partial charge in [0.1, 0.15) is 0 Å². The van der Waals surface area contributed by atoms with Gasteiger partial charge < -0.3 is 5.32 Å². The smallest absolute Gasteiger partial charge is 0.244 e. The number of nitrogens with zero attached hydrogens (tertiary/aromatic N) is 2. The molecule has 1 atom stereocenters. The van der Waals surface area contributed by atoms with E-state index in [9.17, 15) is 21.6 Å². The van der Waals surface area contributed by atoms with Gasteiger partial charge in [-0.05, 0) is 43.0 Å². The predicted octanol–water partition coefficient (Wildman–Crippen LogP) is 0.780. The summed E-state index contributed by atoms with van der Waals surface area (Å²) in [5.41, 5.74) is 1.40. The van der Waals surface area contributed by atoms with E-state index in [1.807, 2.05) is 0 Å². The molecule has 28 heavy (non-hydrogen) atoms. The summed E-state index contributed by atoms with van der Waals surface area (Å²) < 4.78 is 50.0. The van der Waals surface area contributed by atoms with Gasteiger partial charge >= 0.3 is 0 Å². The molecule has 1 aromatic carbocycles. The highest BCUT2D eigenvalue weighted by atomic mass is 32.2. The fourth-order valence-corrected chi connectivity index (χ4v) is 5.94. The molecule has 1 aromatic rings. The first-order valence-electron chi connectivity index (χ1n) is 9.19. The lowest BCUT2D eigenvalue weighted by atomic mass is 10.1. The zero-order valence-electron chi connectivity index (χ0n) is 15.7. The van der Waals surface area contributed by atoms with E-state index in [0.29, 0.717) is 31.6 Å². The van der Waals surface area contributed by atoms with Gasteiger partial charge in [-0.2, -0.15) is 0 Å². The first kappa shape index (κ1) is 20.8. The van der Waals surface area contributed by atoms with Gasteiger partial charge in [0.05, 0.1) is 17.7 Å². The Morgan fingerprint density at radius 2 is 1.89 bits per heavy atom. The Morgan fingerprint density at radius 1 is 1.18 bits per heavy atom. The zero-order valence-corrected chi connectivity index (χ0v) is 17.4. The maximum absolute atomic E-state index is 12.1. The minimum atomic E-state index is -3.25. The van der Waals surface area contributed by atoms with Gasteiger partial charge in [-0.1, -0.05) is 12.1 Å². The number of nitrogens with one attached hydrogen (secondary N) is 1. The minimum absolute atomic E-state index is 0.173. The fourth-order valence-electron chi connectivity index (χ4n) is 3.46. The van der Waals surface area contributed by atoms with Crippen LogP contribution in [0.3, 0.4) is 0 Å². The van der Waals surface area contributed by atoms with Crippen molar-refractivity contribution in [2.45, 2.75) is 25.3 Å². The second kappa shape index (κ2) is 8.22. The number of rotatable bonds is 5. The summed E-state index contributed by atoms with van der Waals surface area (Å²) in [5, 5.41) is 2.84. The van der Waals surface area contributed by atoms with E-state index in [1.54, 1.807) is 30.3 Å². The summed E-state index contributed by atoms with van der Waals surface area (Å²) in [6, 6.07) is 6.78. The number of benzene rings is 1. The van der Waals surface area contributed by atoms with Crippen LogP contribution >= 0.6 is 0 Å². The van der Waals surface area contributed by atoms with Crippen molar-refractivity contribution in [3.63, 3.8) is 0 Å². The largest absolute Gasteiger partial charge is 0.348 e. The molecule has 2 heterocycles. The SMILES string of the molecule is CS(=O)(=O)N1CCCC(NC(=O)/C=C/c2ccc(N3CCCS3(=O)=O)cc2)C1. The van der Waals surface area contributed by atoms with Gasteiger partial charge in [0.25, 0.3) is 0 Å². The van der Waals surface area contributed by atoms with E-state index in [1.165, 1.54) is 20.9 Å². The van der Waals surface area contributed by atoms with Crippen molar-refractivity contribution in [1.29, 1.82) is 0 Å². The number of anilines is 1. The Morgan fingerprint density at radius 3 is 2.50 bits per heavy atom. The molecular weight excluding hydrogens is 402 g/mol.